The maximum atomic E-state index is 5.33. The summed E-state index contributed by atoms with van der Waals surface area (Å²) in [5.74, 6) is 0. The van der Waals surface area contributed by atoms with Crippen LogP contribution in [-0.4, -0.2) is 7.05 Å². The number of hydrogen-bond donors (Lipinski definition) is 1. The minimum atomic E-state index is 0.163. The van der Waals surface area contributed by atoms with Gasteiger partial charge in [0.25, 0.3) is 0 Å². The van der Waals surface area contributed by atoms with Crippen molar-refractivity contribution in [2.45, 2.75) is 19.4 Å². The second kappa shape index (κ2) is 4.91. The predicted octanol–water partition coefficient (Wildman–Crippen LogP) is 2.29. The first-order chi connectivity index (χ1) is 5.88. The van der Waals surface area contributed by atoms with Gasteiger partial charge in [0.2, 0.25) is 0 Å². The first kappa shape index (κ1) is 9.23. The Morgan fingerprint density at radius 1 is 1.33 bits per heavy atom. The van der Waals surface area contributed by atoms with Crippen molar-refractivity contribution >= 4 is 0 Å². The van der Waals surface area contributed by atoms with E-state index in [-0.39, 0.29) is 6.10 Å². The molecule has 1 atom stereocenters. The highest BCUT2D eigenvalue weighted by atomic mass is 16.7. The summed E-state index contributed by atoms with van der Waals surface area (Å²) in [5.41, 5.74) is 3.93. The highest BCUT2D eigenvalue weighted by Gasteiger charge is 2.07. The molecule has 1 aromatic carbocycles. The van der Waals surface area contributed by atoms with Gasteiger partial charge in [-0.3, -0.25) is 4.84 Å². The van der Waals surface area contributed by atoms with Gasteiger partial charge < -0.3 is 0 Å². The van der Waals surface area contributed by atoms with Crippen LogP contribution in [-0.2, 0) is 4.84 Å². The van der Waals surface area contributed by atoms with Crippen molar-refractivity contribution in [2.24, 2.45) is 0 Å². The van der Waals surface area contributed by atoms with Gasteiger partial charge in [-0.25, -0.2) is 5.48 Å². The third-order valence-corrected chi connectivity index (χ3v) is 1.80. The van der Waals surface area contributed by atoms with Crippen LogP contribution in [0.3, 0.4) is 0 Å². The molecule has 0 radical (unpaired) electrons. The number of benzene rings is 1. The summed E-state index contributed by atoms with van der Waals surface area (Å²) in [7, 11) is 1.78. The van der Waals surface area contributed by atoms with E-state index in [1.54, 1.807) is 7.05 Å². The molecule has 1 unspecified atom stereocenters. The van der Waals surface area contributed by atoms with E-state index < -0.39 is 0 Å². The Morgan fingerprint density at radius 2 is 2.00 bits per heavy atom. The molecule has 2 heteroatoms. The Labute approximate surface area is 73.5 Å². The van der Waals surface area contributed by atoms with E-state index in [0.717, 1.165) is 6.42 Å². The van der Waals surface area contributed by atoms with Gasteiger partial charge in [-0.2, -0.15) is 0 Å². The standard InChI is InChI=1S/C10H15NO/c1-3-10(12-11-2)9-7-5-4-6-8-9/h4-8,10-11H,3H2,1-2H3. The molecule has 0 aliphatic rings. The van der Waals surface area contributed by atoms with E-state index in [9.17, 15) is 0 Å². The fourth-order valence-corrected chi connectivity index (χ4v) is 1.20. The molecular formula is C10H15NO. The zero-order valence-electron chi connectivity index (χ0n) is 7.58. The third-order valence-electron chi connectivity index (χ3n) is 1.80. The quantitative estimate of drug-likeness (QED) is 0.691. The lowest BCUT2D eigenvalue weighted by Crippen LogP contribution is -2.13. The van der Waals surface area contributed by atoms with Crippen molar-refractivity contribution in [3.05, 3.63) is 35.9 Å². The lowest BCUT2D eigenvalue weighted by molar-refractivity contribution is -0.0154. The van der Waals surface area contributed by atoms with Gasteiger partial charge in [0, 0.05) is 7.05 Å². The van der Waals surface area contributed by atoms with Crippen LogP contribution in [0.1, 0.15) is 25.0 Å². The maximum absolute atomic E-state index is 5.33. The van der Waals surface area contributed by atoms with Gasteiger partial charge >= 0.3 is 0 Å². The average molecular weight is 165 g/mol. The van der Waals surface area contributed by atoms with Crippen molar-refractivity contribution in [3.8, 4) is 0 Å². The second-order valence-corrected chi connectivity index (χ2v) is 2.63. The summed E-state index contributed by atoms with van der Waals surface area (Å²) in [6.07, 6.45) is 1.14. The molecule has 0 aliphatic carbocycles. The largest absolute Gasteiger partial charge is 0.294 e. The summed E-state index contributed by atoms with van der Waals surface area (Å²) in [6, 6.07) is 10.2. The highest BCUT2D eigenvalue weighted by Crippen LogP contribution is 2.18. The summed E-state index contributed by atoms with van der Waals surface area (Å²) in [5, 5.41) is 0. The number of rotatable bonds is 4. The van der Waals surface area contributed by atoms with Crippen LogP contribution >= 0.6 is 0 Å². The van der Waals surface area contributed by atoms with Crippen LogP contribution in [0.2, 0.25) is 0 Å². The van der Waals surface area contributed by atoms with Crippen molar-refractivity contribution in [2.75, 3.05) is 7.05 Å². The first-order valence-electron chi connectivity index (χ1n) is 4.25. The monoisotopic (exact) mass is 165 g/mol. The van der Waals surface area contributed by atoms with E-state index in [4.69, 9.17) is 4.84 Å². The first-order valence-corrected chi connectivity index (χ1v) is 4.25. The molecule has 66 valence electrons. The minimum Gasteiger partial charge on any atom is -0.294 e. The molecule has 2 nitrogen and oxygen atoms in total. The number of nitrogens with one attached hydrogen (secondary N) is 1. The molecule has 0 spiro atoms. The molecule has 0 saturated heterocycles. The molecule has 0 heterocycles. The van der Waals surface area contributed by atoms with Gasteiger partial charge in [-0.05, 0) is 12.0 Å². The highest BCUT2D eigenvalue weighted by molar-refractivity contribution is 5.17. The smallest absolute Gasteiger partial charge is 0.104 e. The van der Waals surface area contributed by atoms with E-state index in [0.29, 0.717) is 0 Å². The Bertz CT molecular complexity index is 210. The molecule has 1 rings (SSSR count). The SMILES string of the molecule is CCC(ONC)c1ccccc1. The lowest BCUT2D eigenvalue weighted by Gasteiger charge is -2.14. The van der Waals surface area contributed by atoms with Crippen LogP contribution < -0.4 is 5.48 Å². The summed E-state index contributed by atoms with van der Waals surface area (Å²) in [4.78, 5) is 5.33. The Kier molecular flexibility index (Phi) is 3.77. The van der Waals surface area contributed by atoms with Gasteiger partial charge in [0.1, 0.15) is 6.10 Å². The van der Waals surface area contributed by atoms with Crippen LogP contribution in [0.4, 0.5) is 0 Å². The van der Waals surface area contributed by atoms with Crippen LogP contribution in [0, 0.1) is 0 Å². The third kappa shape index (κ3) is 2.32. The molecule has 0 saturated carbocycles. The van der Waals surface area contributed by atoms with E-state index >= 15 is 0 Å². The molecule has 0 aliphatic heterocycles. The van der Waals surface area contributed by atoms with E-state index in [1.165, 1.54) is 5.56 Å². The molecule has 12 heavy (non-hydrogen) atoms. The summed E-state index contributed by atoms with van der Waals surface area (Å²) < 4.78 is 0. The molecule has 1 aromatic rings. The lowest BCUT2D eigenvalue weighted by atomic mass is 10.1. The van der Waals surface area contributed by atoms with E-state index in [1.807, 2.05) is 18.2 Å². The molecule has 0 amide bonds. The van der Waals surface area contributed by atoms with Crippen molar-refractivity contribution in [1.82, 2.24) is 5.48 Å². The van der Waals surface area contributed by atoms with Crippen LogP contribution in [0.25, 0.3) is 0 Å². The zero-order valence-corrected chi connectivity index (χ0v) is 7.58. The number of hydrogen-bond acceptors (Lipinski definition) is 2. The normalized spacial score (nSPS) is 12.8. The van der Waals surface area contributed by atoms with Gasteiger partial charge in [-0.15, -0.1) is 0 Å². The van der Waals surface area contributed by atoms with Crippen molar-refractivity contribution in [1.29, 1.82) is 0 Å². The molecule has 1 N–H and O–H groups in total. The topological polar surface area (TPSA) is 21.3 Å². The van der Waals surface area contributed by atoms with Gasteiger partial charge in [-0.1, -0.05) is 37.3 Å². The molecular weight excluding hydrogens is 150 g/mol. The summed E-state index contributed by atoms with van der Waals surface area (Å²) >= 11 is 0. The van der Waals surface area contributed by atoms with Gasteiger partial charge in [0.05, 0.1) is 0 Å². The second-order valence-electron chi connectivity index (χ2n) is 2.63. The van der Waals surface area contributed by atoms with Crippen molar-refractivity contribution in [3.63, 3.8) is 0 Å². The predicted molar refractivity (Wildman–Crippen MR) is 49.6 cm³/mol. The Morgan fingerprint density at radius 3 is 2.50 bits per heavy atom. The van der Waals surface area contributed by atoms with Crippen molar-refractivity contribution < 1.29 is 4.84 Å². The number of hydroxylamine groups is 1. The molecule has 0 fully saturated rings. The fraction of sp³-hybridized carbons (Fsp3) is 0.400. The molecule has 0 aromatic heterocycles. The Balaban J connectivity index is 2.66. The minimum absolute atomic E-state index is 0.163. The Hall–Kier alpha value is -0.860. The molecule has 0 bridgehead atoms. The fourth-order valence-electron chi connectivity index (χ4n) is 1.20. The van der Waals surface area contributed by atoms with Crippen LogP contribution in [0.5, 0.6) is 0 Å². The average Bonchev–Trinajstić information content (AvgIpc) is 2.15. The maximum Gasteiger partial charge on any atom is 0.104 e. The summed E-state index contributed by atoms with van der Waals surface area (Å²) in [6.45, 7) is 2.11. The zero-order chi connectivity index (χ0) is 8.81. The van der Waals surface area contributed by atoms with E-state index in [2.05, 4.69) is 24.5 Å². The van der Waals surface area contributed by atoms with Crippen LogP contribution in [0.15, 0.2) is 30.3 Å². The van der Waals surface area contributed by atoms with Gasteiger partial charge in [0.15, 0.2) is 0 Å².